The number of sulfonamides is 1. The Morgan fingerprint density at radius 3 is 2.17 bits per heavy atom. The van der Waals surface area contributed by atoms with Gasteiger partial charge in [0.2, 0.25) is 5.91 Å². The van der Waals surface area contributed by atoms with Gasteiger partial charge in [-0.1, -0.05) is 42.5 Å². The summed E-state index contributed by atoms with van der Waals surface area (Å²) in [5.74, 6) is -2.30. The molecule has 0 aliphatic heterocycles. The summed E-state index contributed by atoms with van der Waals surface area (Å²) in [4.78, 5) is 52.0. The van der Waals surface area contributed by atoms with Gasteiger partial charge in [-0.3, -0.25) is 24.2 Å². The number of pyridine rings is 1. The molecule has 12 heteroatoms. The van der Waals surface area contributed by atoms with E-state index in [-0.39, 0.29) is 41.1 Å². The zero-order valence-electron chi connectivity index (χ0n) is 22.0. The molecule has 0 unspecified atom stereocenters. The molecule has 210 valence electrons. The van der Waals surface area contributed by atoms with Crippen molar-refractivity contribution in [2.75, 3.05) is 13.1 Å². The van der Waals surface area contributed by atoms with E-state index in [2.05, 4.69) is 15.6 Å². The van der Waals surface area contributed by atoms with E-state index in [1.807, 2.05) is 35.1 Å². The van der Waals surface area contributed by atoms with E-state index in [0.29, 0.717) is 13.0 Å². The molecule has 3 rings (SSSR count). The van der Waals surface area contributed by atoms with Gasteiger partial charge in [0, 0.05) is 12.7 Å². The number of carbonyl (C=O) groups is 4. The third-order valence-electron chi connectivity index (χ3n) is 5.42. The van der Waals surface area contributed by atoms with Gasteiger partial charge in [0.05, 0.1) is 23.0 Å². The fraction of sp³-hybridized carbons (Fsp3) is 0.250. The smallest absolute Gasteiger partial charge is 0.325 e. The van der Waals surface area contributed by atoms with Crippen molar-refractivity contribution in [2.24, 2.45) is 0 Å². The van der Waals surface area contributed by atoms with Gasteiger partial charge in [-0.2, -0.15) is 0 Å². The average Bonchev–Trinajstić information content (AvgIpc) is 2.92. The number of hydrogen-bond donors (Lipinski definition) is 3. The molecular formula is C28H30N4O7S. The Labute approximate surface area is 232 Å². The van der Waals surface area contributed by atoms with Gasteiger partial charge >= 0.3 is 5.97 Å². The lowest BCUT2D eigenvalue weighted by atomic mass is 10.1. The number of rotatable bonds is 12. The monoisotopic (exact) mass is 566 g/mol. The predicted octanol–water partition coefficient (Wildman–Crippen LogP) is 1.78. The Morgan fingerprint density at radius 2 is 1.55 bits per heavy atom. The highest BCUT2D eigenvalue weighted by Crippen LogP contribution is 2.12. The molecule has 0 radical (unpaired) electrons. The molecule has 3 N–H and O–H groups in total. The maximum atomic E-state index is 12.7. The Balaban J connectivity index is 1.49. The highest BCUT2D eigenvalue weighted by Gasteiger charge is 2.20. The van der Waals surface area contributed by atoms with Crippen LogP contribution in [0.25, 0.3) is 0 Å². The summed E-state index contributed by atoms with van der Waals surface area (Å²) < 4.78 is 32.3. The van der Waals surface area contributed by atoms with E-state index in [0.717, 1.165) is 17.3 Å². The number of nitrogens with one attached hydrogen (secondary N) is 3. The Bertz CT molecular complexity index is 1440. The highest BCUT2D eigenvalue weighted by atomic mass is 32.2. The highest BCUT2D eigenvalue weighted by molar-refractivity contribution is 7.90. The first kappa shape index (κ1) is 30.0. The van der Waals surface area contributed by atoms with Crippen LogP contribution in [0, 0.1) is 0 Å². The second-order valence-corrected chi connectivity index (χ2v) is 10.7. The van der Waals surface area contributed by atoms with Crippen LogP contribution in [0.1, 0.15) is 45.8 Å². The van der Waals surface area contributed by atoms with Crippen molar-refractivity contribution in [3.63, 3.8) is 0 Å². The lowest BCUT2D eigenvalue weighted by Crippen LogP contribution is -2.32. The predicted molar refractivity (Wildman–Crippen MR) is 146 cm³/mol. The standard InChI is InChI=1S/C28H30N4O7S/c1-19(2)39-26(34)18-31-28(36)24-13-10-22(17-30-24)27(35)32-40(37,38)23-11-8-20(9-12-23)14-15-29-25(33)16-21-6-4-3-5-7-21/h3-13,17,19H,14-16,18H2,1-2H3,(H,29,33)(H,31,36)(H,32,35). The lowest BCUT2D eigenvalue weighted by molar-refractivity contribution is -0.146. The zero-order valence-corrected chi connectivity index (χ0v) is 22.9. The molecule has 2 aromatic carbocycles. The number of ether oxygens (including phenoxy) is 1. The van der Waals surface area contributed by atoms with Crippen molar-refractivity contribution in [3.8, 4) is 0 Å². The van der Waals surface area contributed by atoms with Gasteiger partial charge in [-0.05, 0) is 55.7 Å². The fourth-order valence-electron chi connectivity index (χ4n) is 3.48. The number of aromatic nitrogens is 1. The molecule has 0 spiro atoms. The van der Waals surface area contributed by atoms with Crippen LogP contribution in [-0.4, -0.2) is 56.3 Å². The topological polar surface area (TPSA) is 161 Å². The summed E-state index contributed by atoms with van der Waals surface area (Å²) in [6.07, 6.45) is 1.51. The quantitative estimate of drug-likeness (QED) is 0.280. The number of amides is 3. The van der Waals surface area contributed by atoms with Crippen molar-refractivity contribution in [2.45, 2.75) is 37.7 Å². The molecule has 0 aliphatic carbocycles. The summed E-state index contributed by atoms with van der Waals surface area (Å²) in [6.45, 7) is 3.40. The summed E-state index contributed by atoms with van der Waals surface area (Å²) in [7, 11) is -4.18. The van der Waals surface area contributed by atoms with Crippen molar-refractivity contribution >= 4 is 33.7 Å². The molecule has 0 aliphatic rings. The van der Waals surface area contributed by atoms with Gasteiger partial charge in [0.25, 0.3) is 21.8 Å². The van der Waals surface area contributed by atoms with Crippen molar-refractivity contribution < 1.29 is 32.3 Å². The van der Waals surface area contributed by atoms with Crippen LogP contribution in [-0.2, 0) is 37.2 Å². The third-order valence-corrected chi connectivity index (χ3v) is 6.77. The lowest BCUT2D eigenvalue weighted by Gasteiger charge is -2.10. The molecule has 0 bridgehead atoms. The Morgan fingerprint density at radius 1 is 0.850 bits per heavy atom. The number of hydrogen-bond acceptors (Lipinski definition) is 8. The van der Waals surface area contributed by atoms with E-state index < -0.39 is 27.8 Å². The largest absolute Gasteiger partial charge is 0.462 e. The molecule has 0 saturated heterocycles. The molecule has 40 heavy (non-hydrogen) atoms. The van der Waals surface area contributed by atoms with Crippen LogP contribution in [0.15, 0.2) is 77.8 Å². The first-order valence-electron chi connectivity index (χ1n) is 12.4. The van der Waals surface area contributed by atoms with Gasteiger partial charge in [-0.25, -0.2) is 13.1 Å². The average molecular weight is 567 g/mol. The molecule has 1 aromatic heterocycles. The van der Waals surface area contributed by atoms with E-state index in [1.165, 1.54) is 24.3 Å². The van der Waals surface area contributed by atoms with E-state index in [4.69, 9.17) is 4.74 Å². The number of benzene rings is 2. The summed E-state index contributed by atoms with van der Waals surface area (Å²) in [5.41, 5.74) is 1.57. The molecule has 3 amide bonds. The van der Waals surface area contributed by atoms with Crippen LogP contribution < -0.4 is 15.4 Å². The zero-order chi connectivity index (χ0) is 29.1. The van der Waals surface area contributed by atoms with Crippen LogP contribution >= 0.6 is 0 Å². The third kappa shape index (κ3) is 9.31. The molecule has 11 nitrogen and oxygen atoms in total. The van der Waals surface area contributed by atoms with Crippen LogP contribution in [0.3, 0.4) is 0 Å². The molecule has 3 aromatic rings. The maximum absolute atomic E-state index is 12.7. The van der Waals surface area contributed by atoms with E-state index >= 15 is 0 Å². The van der Waals surface area contributed by atoms with Gasteiger partial charge < -0.3 is 15.4 Å². The van der Waals surface area contributed by atoms with E-state index in [9.17, 15) is 27.6 Å². The second-order valence-electron chi connectivity index (χ2n) is 8.99. The van der Waals surface area contributed by atoms with Crippen molar-refractivity contribution in [3.05, 3.63) is 95.3 Å². The van der Waals surface area contributed by atoms with Gasteiger partial charge in [0.1, 0.15) is 12.2 Å². The minimum atomic E-state index is -4.18. The number of esters is 1. The number of nitrogens with zero attached hydrogens (tertiary/aromatic N) is 1. The summed E-state index contributed by atoms with van der Waals surface area (Å²) in [5, 5.41) is 5.18. The SMILES string of the molecule is CC(C)OC(=O)CNC(=O)c1ccc(C(=O)NS(=O)(=O)c2ccc(CCNC(=O)Cc3ccccc3)cc2)cn1. The minimum Gasteiger partial charge on any atom is -0.462 e. The molecule has 1 heterocycles. The Hall–Kier alpha value is -4.58. The Kier molecular flexibility index (Phi) is 10.5. The van der Waals surface area contributed by atoms with Crippen molar-refractivity contribution in [1.29, 1.82) is 0 Å². The summed E-state index contributed by atoms with van der Waals surface area (Å²) in [6, 6.07) is 17.8. The van der Waals surface area contributed by atoms with Gasteiger partial charge in [0.15, 0.2) is 0 Å². The van der Waals surface area contributed by atoms with Crippen LogP contribution in [0.2, 0.25) is 0 Å². The minimum absolute atomic E-state index is 0.0661. The first-order chi connectivity index (χ1) is 19.0. The first-order valence-corrected chi connectivity index (χ1v) is 13.9. The van der Waals surface area contributed by atoms with Crippen LogP contribution in [0.4, 0.5) is 0 Å². The normalized spacial score (nSPS) is 11.0. The fourth-order valence-corrected chi connectivity index (χ4v) is 4.45. The molecule has 0 atom stereocenters. The molecule has 0 saturated carbocycles. The van der Waals surface area contributed by atoms with Crippen molar-refractivity contribution in [1.82, 2.24) is 20.3 Å². The van der Waals surface area contributed by atoms with Gasteiger partial charge in [-0.15, -0.1) is 0 Å². The maximum Gasteiger partial charge on any atom is 0.325 e. The number of carbonyl (C=O) groups excluding carboxylic acids is 4. The summed E-state index contributed by atoms with van der Waals surface area (Å²) >= 11 is 0. The molecule has 0 fully saturated rings. The molecular weight excluding hydrogens is 536 g/mol. The second kappa shape index (κ2) is 14.0. The van der Waals surface area contributed by atoms with Crippen LogP contribution in [0.5, 0.6) is 0 Å². The van der Waals surface area contributed by atoms with E-state index in [1.54, 1.807) is 26.0 Å².